The predicted molar refractivity (Wildman–Crippen MR) is 62.1 cm³/mol. The Morgan fingerprint density at radius 3 is 2.06 bits per heavy atom. The van der Waals surface area contributed by atoms with Gasteiger partial charge in [-0.2, -0.15) is 13.2 Å². The van der Waals surface area contributed by atoms with Gasteiger partial charge in [-0.05, 0) is 25.0 Å². The first-order valence-corrected chi connectivity index (χ1v) is 6.00. The molecule has 1 aromatic rings. The first kappa shape index (κ1) is 12.3. The molecule has 1 aromatic carbocycles. The van der Waals surface area contributed by atoms with Crippen LogP contribution in [0.25, 0.3) is 0 Å². The Morgan fingerprint density at radius 1 is 0.882 bits per heavy atom. The molecular weight excluding hydrogens is 227 g/mol. The van der Waals surface area contributed by atoms with Crippen molar-refractivity contribution in [2.75, 3.05) is 18.0 Å². The van der Waals surface area contributed by atoms with Gasteiger partial charge in [-0.25, -0.2) is 0 Å². The van der Waals surface area contributed by atoms with Crippen LogP contribution >= 0.6 is 0 Å². The van der Waals surface area contributed by atoms with Gasteiger partial charge in [-0.1, -0.05) is 25.0 Å². The van der Waals surface area contributed by atoms with Crippen LogP contribution in [-0.4, -0.2) is 13.1 Å². The van der Waals surface area contributed by atoms with Crippen molar-refractivity contribution >= 4 is 5.69 Å². The van der Waals surface area contributed by atoms with Gasteiger partial charge in [0.2, 0.25) is 0 Å². The van der Waals surface area contributed by atoms with Crippen LogP contribution in [0.2, 0.25) is 0 Å². The molecule has 0 aliphatic carbocycles. The average Bonchev–Trinajstić information content (AvgIpc) is 2.56. The molecule has 4 heteroatoms. The number of para-hydroxylation sites is 1. The van der Waals surface area contributed by atoms with E-state index in [1.54, 1.807) is 12.1 Å². The number of benzene rings is 1. The summed E-state index contributed by atoms with van der Waals surface area (Å²) >= 11 is 0. The second-order valence-corrected chi connectivity index (χ2v) is 4.42. The van der Waals surface area contributed by atoms with E-state index in [1.165, 1.54) is 12.1 Å². The lowest BCUT2D eigenvalue weighted by atomic mass is 10.1. The van der Waals surface area contributed by atoms with Crippen LogP contribution in [0.15, 0.2) is 24.3 Å². The molecule has 0 unspecified atom stereocenters. The quantitative estimate of drug-likeness (QED) is 0.718. The molecule has 0 bridgehead atoms. The summed E-state index contributed by atoms with van der Waals surface area (Å²) < 4.78 is 38.6. The van der Waals surface area contributed by atoms with Crippen molar-refractivity contribution < 1.29 is 13.2 Å². The number of nitrogens with zero attached hydrogens (tertiary/aromatic N) is 1. The minimum atomic E-state index is -4.26. The van der Waals surface area contributed by atoms with Gasteiger partial charge in [0.15, 0.2) is 0 Å². The monoisotopic (exact) mass is 243 g/mol. The van der Waals surface area contributed by atoms with E-state index in [1.807, 2.05) is 4.90 Å². The number of alkyl halides is 3. The Labute approximate surface area is 99.2 Å². The molecule has 0 radical (unpaired) electrons. The molecule has 1 fully saturated rings. The van der Waals surface area contributed by atoms with Gasteiger partial charge < -0.3 is 4.90 Å². The summed E-state index contributed by atoms with van der Waals surface area (Å²) in [7, 11) is 0. The summed E-state index contributed by atoms with van der Waals surface area (Å²) in [6.45, 7) is 1.46. The molecule has 0 aromatic heterocycles. The van der Waals surface area contributed by atoms with Gasteiger partial charge in [-0.15, -0.1) is 0 Å². The molecule has 0 saturated carbocycles. The maximum atomic E-state index is 12.9. The summed E-state index contributed by atoms with van der Waals surface area (Å²) in [6.07, 6.45) is -0.0728. The lowest BCUT2D eigenvalue weighted by Crippen LogP contribution is -2.26. The van der Waals surface area contributed by atoms with E-state index in [0.29, 0.717) is 5.69 Å². The van der Waals surface area contributed by atoms with Crippen LogP contribution in [0.5, 0.6) is 0 Å². The topological polar surface area (TPSA) is 3.24 Å². The van der Waals surface area contributed by atoms with Crippen molar-refractivity contribution in [3.05, 3.63) is 29.8 Å². The van der Waals surface area contributed by atoms with Gasteiger partial charge in [0.05, 0.1) is 5.56 Å². The van der Waals surface area contributed by atoms with Crippen molar-refractivity contribution in [2.24, 2.45) is 0 Å². The number of halogens is 3. The highest BCUT2D eigenvalue weighted by molar-refractivity contribution is 5.55. The highest BCUT2D eigenvalue weighted by Gasteiger charge is 2.34. The third kappa shape index (κ3) is 2.93. The summed E-state index contributed by atoms with van der Waals surface area (Å²) in [4.78, 5) is 1.87. The Balaban J connectivity index is 2.30. The normalized spacial score (nSPS) is 17.9. The molecule has 2 rings (SSSR count). The second kappa shape index (κ2) is 4.98. The molecule has 1 heterocycles. The molecule has 0 amide bonds. The van der Waals surface area contributed by atoms with Crippen LogP contribution in [0.3, 0.4) is 0 Å². The SMILES string of the molecule is FC(F)(F)c1ccccc1N1CCCCCC1. The molecule has 94 valence electrons. The van der Waals surface area contributed by atoms with Crippen molar-refractivity contribution in [2.45, 2.75) is 31.9 Å². The molecule has 1 nitrogen and oxygen atoms in total. The van der Waals surface area contributed by atoms with Crippen LogP contribution in [-0.2, 0) is 6.18 Å². The molecule has 0 N–H and O–H groups in total. The molecule has 0 atom stereocenters. The second-order valence-electron chi connectivity index (χ2n) is 4.42. The van der Waals surface area contributed by atoms with Crippen molar-refractivity contribution in [3.63, 3.8) is 0 Å². The van der Waals surface area contributed by atoms with Gasteiger partial charge in [0.1, 0.15) is 0 Å². The van der Waals surface area contributed by atoms with Crippen LogP contribution in [0.4, 0.5) is 18.9 Å². The van der Waals surface area contributed by atoms with E-state index in [4.69, 9.17) is 0 Å². The highest BCUT2D eigenvalue weighted by Crippen LogP contribution is 2.36. The van der Waals surface area contributed by atoms with E-state index in [-0.39, 0.29) is 0 Å². The van der Waals surface area contributed by atoms with Gasteiger partial charge in [0.25, 0.3) is 0 Å². The number of hydrogen-bond donors (Lipinski definition) is 0. The lowest BCUT2D eigenvalue weighted by Gasteiger charge is -2.26. The number of hydrogen-bond acceptors (Lipinski definition) is 1. The zero-order valence-corrected chi connectivity index (χ0v) is 9.63. The highest BCUT2D eigenvalue weighted by atomic mass is 19.4. The summed E-state index contributed by atoms with van der Waals surface area (Å²) in [6, 6.07) is 5.87. The Bertz CT molecular complexity index is 365. The third-order valence-electron chi connectivity index (χ3n) is 3.16. The van der Waals surface area contributed by atoms with Crippen LogP contribution < -0.4 is 4.90 Å². The smallest absolute Gasteiger partial charge is 0.371 e. The minimum Gasteiger partial charge on any atom is -0.371 e. The number of anilines is 1. The minimum absolute atomic E-state index is 0.335. The van der Waals surface area contributed by atoms with Gasteiger partial charge in [0, 0.05) is 18.8 Å². The predicted octanol–water partition coefficient (Wildman–Crippen LogP) is 4.09. The summed E-state index contributed by atoms with van der Waals surface area (Å²) in [5, 5.41) is 0. The van der Waals surface area contributed by atoms with Crippen LogP contribution in [0, 0.1) is 0 Å². The van der Waals surface area contributed by atoms with Crippen molar-refractivity contribution in [1.29, 1.82) is 0 Å². The first-order chi connectivity index (χ1) is 8.09. The molecule has 0 spiro atoms. The van der Waals surface area contributed by atoms with Crippen molar-refractivity contribution in [1.82, 2.24) is 0 Å². The first-order valence-electron chi connectivity index (χ1n) is 6.00. The standard InChI is InChI=1S/C13H16F3N/c14-13(15,16)11-7-3-4-8-12(11)17-9-5-1-2-6-10-17/h3-4,7-8H,1-2,5-6,9-10H2. The van der Waals surface area contributed by atoms with Crippen molar-refractivity contribution in [3.8, 4) is 0 Å². The molecular formula is C13H16F3N. The molecule has 1 aliphatic rings. The maximum absolute atomic E-state index is 12.9. The zero-order valence-electron chi connectivity index (χ0n) is 9.63. The average molecular weight is 243 g/mol. The lowest BCUT2D eigenvalue weighted by molar-refractivity contribution is -0.137. The fourth-order valence-electron chi connectivity index (χ4n) is 2.30. The largest absolute Gasteiger partial charge is 0.418 e. The molecule has 17 heavy (non-hydrogen) atoms. The van der Waals surface area contributed by atoms with E-state index in [2.05, 4.69) is 0 Å². The Hall–Kier alpha value is -1.19. The van der Waals surface area contributed by atoms with Crippen LogP contribution in [0.1, 0.15) is 31.2 Å². The molecule has 1 saturated heterocycles. The fourth-order valence-corrected chi connectivity index (χ4v) is 2.30. The van der Waals surface area contributed by atoms with E-state index < -0.39 is 11.7 Å². The van der Waals surface area contributed by atoms with Gasteiger partial charge in [-0.3, -0.25) is 0 Å². The van der Waals surface area contributed by atoms with E-state index >= 15 is 0 Å². The summed E-state index contributed by atoms with van der Waals surface area (Å²) in [5.41, 5.74) is -0.177. The maximum Gasteiger partial charge on any atom is 0.418 e. The Kier molecular flexibility index (Phi) is 3.60. The third-order valence-corrected chi connectivity index (χ3v) is 3.16. The van der Waals surface area contributed by atoms with E-state index in [0.717, 1.165) is 38.8 Å². The summed E-state index contributed by atoms with van der Waals surface area (Å²) in [5.74, 6) is 0. The fraction of sp³-hybridized carbons (Fsp3) is 0.538. The van der Waals surface area contributed by atoms with E-state index in [9.17, 15) is 13.2 Å². The number of rotatable bonds is 1. The molecule has 1 aliphatic heterocycles. The van der Waals surface area contributed by atoms with Gasteiger partial charge >= 0.3 is 6.18 Å². The Morgan fingerprint density at radius 2 is 1.47 bits per heavy atom. The zero-order chi connectivity index (χ0) is 12.3.